The summed E-state index contributed by atoms with van der Waals surface area (Å²) in [5.41, 5.74) is 1.52. The molecule has 21 heavy (non-hydrogen) atoms. The van der Waals surface area contributed by atoms with Crippen LogP contribution in [0.25, 0.3) is 0 Å². The third kappa shape index (κ3) is 3.86. The fraction of sp³-hybridized carbons (Fsp3) is 0.143. The van der Waals surface area contributed by atoms with Crippen molar-refractivity contribution in [3.05, 3.63) is 61.6 Å². The van der Waals surface area contributed by atoms with Crippen LogP contribution in [0.15, 0.2) is 40.9 Å². The number of nitro groups is 1. The van der Waals surface area contributed by atoms with Crippen LogP contribution in [0.2, 0.25) is 5.02 Å². The summed E-state index contributed by atoms with van der Waals surface area (Å²) in [4.78, 5) is 10.4. The molecule has 0 radical (unpaired) electrons. The Labute approximate surface area is 135 Å². The maximum atomic E-state index is 10.8. The Morgan fingerprint density at radius 3 is 2.71 bits per heavy atom. The number of benzene rings is 2. The quantitative estimate of drug-likeness (QED) is 0.614. The number of rotatable bonds is 5. The smallest absolute Gasteiger partial charge is 0.271 e. The molecule has 0 saturated heterocycles. The molecule has 0 amide bonds. The lowest BCUT2D eigenvalue weighted by atomic mass is 10.2. The summed E-state index contributed by atoms with van der Waals surface area (Å²) in [6.07, 6.45) is 0. The van der Waals surface area contributed by atoms with Crippen LogP contribution in [0.4, 0.5) is 11.4 Å². The van der Waals surface area contributed by atoms with Gasteiger partial charge in [0.25, 0.3) is 5.69 Å². The van der Waals surface area contributed by atoms with Gasteiger partial charge in [-0.1, -0.05) is 17.7 Å². The van der Waals surface area contributed by atoms with E-state index >= 15 is 0 Å². The number of methoxy groups -OCH3 is 1. The van der Waals surface area contributed by atoms with Crippen molar-refractivity contribution in [2.45, 2.75) is 6.54 Å². The van der Waals surface area contributed by atoms with E-state index in [2.05, 4.69) is 21.2 Å². The summed E-state index contributed by atoms with van der Waals surface area (Å²) < 4.78 is 6.01. The molecule has 0 fully saturated rings. The highest BCUT2D eigenvalue weighted by Crippen LogP contribution is 2.30. The Morgan fingerprint density at radius 2 is 2.10 bits per heavy atom. The number of non-ortho nitro benzene ring substituents is 1. The minimum Gasteiger partial charge on any atom is -0.495 e. The predicted molar refractivity (Wildman–Crippen MR) is 86.1 cm³/mol. The van der Waals surface area contributed by atoms with Gasteiger partial charge in [-0.15, -0.1) is 0 Å². The first-order valence-corrected chi connectivity index (χ1v) is 7.18. The number of ether oxygens (including phenoxy) is 1. The summed E-state index contributed by atoms with van der Waals surface area (Å²) in [7, 11) is 1.52. The van der Waals surface area contributed by atoms with Crippen molar-refractivity contribution in [1.82, 2.24) is 0 Å². The number of hydrogen-bond acceptors (Lipinski definition) is 4. The molecule has 0 aliphatic carbocycles. The van der Waals surface area contributed by atoms with E-state index in [1.54, 1.807) is 6.07 Å². The van der Waals surface area contributed by atoms with Crippen molar-refractivity contribution in [3.8, 4) is 5.75 Å². The first-order valence-electron chi connectivity index (χ1n) is 6.01. The van der Waals surface area contributed by atoms with E-state index in [9.17, 15) is 10.1 Å². The average Bonchev–Trinajstić information content (AvgIpc) is 2.48. The van der Waals surface area contributed by atoms with Gasteiger partial charge < -0.3 is 10.1 Å². The van der Waals surface area contributed by atoms with E-state index < -0.39 is 4.92 Å². The predicted octanol–water partition coefficient (Wildman–Crippen LogP) is 4.63. The summed E-state index contributed by atoms with van der Waals surface area (Å²) in [5, 5.41) is 14.6. The Morgan fingerprint density at radius 1 is 1.33 bits per heavy atom. The minimum absolute atomic E-state index is 0.00661. The fourth-order valence-corrected chi connectivity index (χ4v) is 2.24. The second-order valence-electron chi connectivity index (χ2n) is 4.24. The van der Waals surface area contributed by atoms with Gasteiger partial charge in [-0.05, 0) is 39.7 Å². The molecule has 0 aromatic heterocycles. The summed E-state index contributed by atoms with van der Waals surface area (Å²) in [6.45, 7) is 0.477. The van der Waals surface area contributed by atoms with Crippen molar-refractivity contribution in [1.29, 1.82) is 0 Å². The first kappa shape index (κ1) is 15.6. The molecule has 0 unspecified atom stereocenters. The molecule has 7 heteroatoms. The van der Waals surface area contributed by atoms with Crippen molar-refractivity contribution < 1.29 is 9.66 Å². The molecule has 1 N–H and O–H groups in total. The molecule has 0 spiro atoms. The molecule has 0 heterocycles. The Bertz CT molecular complexity index is 679. The molecule has 0 aliphatic heterocycles. The molecule has 0 saturated carbocycles. The SMILES string of the molecule is COc1ccc([N+](=O)[O-])cc1NCc1ccc(Br)c(Cl)c1. The van der Waals surface area contributed by atoms with Crippen LogP contribution in [0.5, 0.6) is 5.75 Å². The van der Waals surface area contributed by atoms with Crippen LogP contribution in [-0.2, 0) is 6.54 Å². The van der Waals surface area contributed by atoms with Gasteiger partial charge in [0.05, 0.1) is 22.7 Å². The lowest BCUT2D eigenvalue weighted by Crippen LogP contribution is -2.02. The standard InChI is InChI=1S/C14H12BrClN2O3/c1-21-14-5-3-10(18(19)20)7-13(14)17-8-9-2-4-11(15)12(16)6-9/h2-7,17H,8H2,1H3. The Balaban J connectivity index is 2.19. The fourth-order valence-electron chi connectivity index (χ4n) is 1.79. The number of anilines is 1. The summed E-state index contributed by atoms with van der Waals surface area (Å²) in [6, 6.07) is 9.99. The Hall–Kier alpha value is -1.79. The number of hydrogen-bond donors (Lipinski definition) is 1. The minimum atomic E-state index is -0.443. The molecule has 2 rings (SSSR count). The third-order valence-corrected chi connectivity index (χ3v) is 4.09. The van der Waals surface area contributed by atoms with Gasteiger partial charge in [-0.25, -0.2) is 0 Å². The van der Waals surface area contributed by atoms with Gasteiger partial charge in [-0.2, -0.15) is 0 Å². The zero-order valence-corrected chi connectivity index (χ0v) is 13.4. The van der Waals surface area contributed by atoms with Crippen LogP contribution < -0.4 is 10.1 Å². The van der Waals surface area contributed by atoms with Crippen molar-refractivity contribution >= 4 is 38.9 Å². The van der Waals surface area contributed by atoms with E-state index in [4.69, 9.17) is 16.3 Å². The van der Waals surface area contributed by atoms with Gasteiger partial charge in [-0.3, -0.25) is 10.1 Å². The van der Waals surface area contributed by atoms with Crippen LogP contribution >= 0.6 is 27.5 Å². The van der Waals surface area contributed by atoms with E-state index in [1.807, 2.05) is 18.2 Å². The highest BCUT2D eigenvalue weighted by atomic mass is 79.9. The molecular weight excluding hydrogens is 360 g/mol. The highest BCUT2D eigenvalue weighted by molar-refractivity contribution is 9.10. The van der Waals surface area contributed by atoms with Gasteiger partial charge in [0, 0.05) is 23.2 Å². The molecular formula is C14H12BrClN2O3. The van der Waals surface area contributed by atoms with E-state index in [1.165, 1.54) is 19.2 Å². The largest absolute Gasteiger partial charge is 0.495 e. The molecule has 2 aromatic carbocycles. The maximum absolute atomic E-state index is 10.8. The summed E-state index contributed by atoms with van der Waals surface area (Å²) in [5.74, 6) is 0.545. The van der Waals surface area contributed by atoms with Crippen LogP contribution in [0.3, 0.4) is 0 Å². The van der Waals surface area contributed by atoms with E-state index in [-0.39, 0.29) is 5.69 Å². The Kier molecular flexibility index (Phi) is 5.03. The maximum Gasteiger partial charge on any atom is 0.271 e. The third-order valence-electron chi connectivity index (χ3n) is 2.86. The number of nitrogens with zero attached hydrogens (tertiary/aromatic N) is 1. The lowest BCUT2D eigenvalue weighted by molar-refractivity contribution is -0.384. The number of halogens is 2. The second-order valence-corrected chi connectivity index (χ2v) is 5.51. The average molecular weight is 372 g/mol. The van der Waals surface area contributed by atoms with E-state index in [0.29, 0.717) is 23.0 Å². The van der Waals surface area contributed by atoms with Crippen LogP contribution in [-0.4, -0.2) is 12.0 Å². The van der Waals surface area contributed by atoms with Crippen molar-refractivity contribution in [3.63, 3.8) is 0 Å². The van der Waals surface area contributed by atoms with E-state index in [0.717, 1.165) is 10.0 Å². The first-order chi connectivity index (χ1) is 10.0. The van der Waals surface area contributed by atoms with Gasteiger partial charge in [0.2, 0.25) is 0 Å². The topological polar surface area (TPSA) is 64.4 Å². The zero-order chi connectivity index (χ0) is 15.4. The van der Waals surface area contributed by atoms with Crippen molar-refractivity contribution in [2.75, 3.05) is 12.4 Å². The molecule has 5 nitrogen and oxygen atoms in total. The van der Waals surface area contributed by atoms with Gasteiger partial charge in [0.1, 0.15) is 5.75 Å². The zero-order valence-electron chi connectivity index (χ0n) is 11.1. The number of nitrogens with one attached hydrogen (secondary N) is 1. The van der Waals surface area contributed by atoms with Crippen LogP contribution in [0, 0.1) is 10.1 Å². The molecule has 0 aliphatic rings. The normalized spacial score (nSPS) is 10.2. The second kappa shape index (κ2) is 6.78. The van der Waals surface area contributed by atoms with Crippen molar-refractivity contribution in [2.24, 2.45) is 0 Å². The molecule has 2 aromatic rings. The van der Waals surface area contributed by atoms with Crippen LogP contribution in [0.1, 0.15) is 5.56 Å². The summed E-state index contributed by atoms with van der Waals surface area (Å²) >= 11 is 9.36. The monoisotopic (exact) mass is 370 g/mol. The molecule has 0 atom stereocenters. The highest BCUT2D eigenvalue weighted by Gasteiger charge is 2.11. The lowest BCUT2D eigenvalue weighted by Gasteiger charge is -2.11. The van der Waals surface area contributed by atoms with Gasteiger partial charge >= 0.3 is 0 Å². The number of nitro benzene ring substituents is 1. The van der Waals surface area contributed by atoms with Gasteiger partial charge in [0.15, 0.2) is 0 Å². The molecule has 110 valence electrons. The molecule has 0 bridgehead atoms.